The summed E-state index contributed by atoms with van der Waals surface area (Å²) in [6.07, 6.45) is -1.20. The third-order valence-corrected chi connectivity index (χ3v) is 4.06. The van der Waals surface area contributed by atoms with E-state index in [1.165, 1.54) is 6.08 Å². The van der Waals surface area contributed by atoms with E-state index >= 15 is 0 Å². The lowest BCUT2D eigenvalue weighted by Gasteiger charge is -2.30. The van der Waals surface area contributed by atoms with Gasteiger partial charge in [-0.2, -0.15) is 0 Å². The minimum Gasteiger partial charge on any atom is -0.444 e. The molecule has 0 bridgehead atoms. The van der Waals surface area contributed by atoms with E-state index in [2.05, 4.69) is 11.9 Å². The maximum atomic E-state index is 11.8. The molecule has 0 aromatic heterocycles. The molecule has 22 heavy (non-hydrogen) atoms. The van der Waals surface area contributed by atoms with Crippen LogP contribution in [0.4, 0.5) is 4.79 Å². The lowest BCUT2D eigenvalue weighted by molar-refractivity contribution is -0.122. The average molecular weight is 311 g/mol. The number of alkyl carbamates (subject to hydrolysis) is 1. The summed E-state index contributed by atoms with van der Waals surface area (Å²) in [4.78, 5) is 23.5. The molecule has 3 aliphatic rings. The Morgan fingerprint density at radius 2 is 2.00 bits per heavy atom. The third kappa shape index (κ3) is 2.64. The van der Waals surface area contributed by atoms with Crippen LogP contribution in [-0.4, -0.2) is 58.6 Å². The van der Waals surface area contributed by atoms with Gasteiger partial charge >= 0.3 is 6.09 Å². The van der Waals surface area contributed by atoms with Crippen LogP contribution in [0.5, 0.6) is 0 Å². The molecule has 1 unspecified atom stereocenters. The molecule has 2 N–H and O–H groups in total. The zero-order chi connectivity index (χ0) is 16.3. The normalized spacial score (nSPS) is 40.1. The molecular weight excluding hydrogens is 290 g/mol. The van der Waals surface area contributed by atoms with Crippen LogP contribution >= 0.6 is 0 Å². The van der Waals surface area contributed by atoms with Crippen molar-refractivity contribution in [2.24, 2.45) is 0 Å². The summed E-state index contributed by atoms with van der Waals surface area (Å²) in [5, 5.41) is 13.5. The van der Waals surface area contributed by atoms with Gasteiger partial charge in [-0.15, -0.1) is 6.58 Å². The topological polar surface area (TPSA) is 101 Å². The van der Waals surface area contributed by atoms with E-state index in [1.54, 1.807) is 20.8 Å². The summed E-state index contributed by atoms with van der Waals surface area (Å²) in [5.74, 6) is -0.102. The third-order valence-electron chi connectivity index (χ3n) is 4.06. The van der Waals surface area contributed by atoms with Crippen molar-refractivity contribution in [2.75, 3.05) is 0 Å². The highest BCUT2D eigenvalue weighted by molar-refractivity contribution is 5.94. The van der Waals surface area contributed by atoms with Crippen molar-refractivity contribution in [3.8, 4) is 0 Å². The van der Waals surface area contributed by atoms with Crippen molar-refractivity contribution >= 4 is 11.9 Å². The standard InChI is InChI=1S/C15H21NO6/c1-5-7(16-13(18)22-14(2,3)4)6-15(19)11-9(20-11)8(17)10-12(15)21-10/h5,7,9-12,19H,1,6H2,2-4H3,(H,16,18)/t7-,9-,10+,11-,12+,15?/m1/s1. The first kappa shape index (κ1) is 15.5. The first-order valence-corrected chi connectivity index (χ1v) is 7.35. The Balaban J connectivity index is 1.63. The van der Waals surface area contributed by atoms with Gasteiger partial charge in [0.15, 0.2) is 5.78 Å². The highest BCUT2D eigenvalue weighted by Crippen LogP contribution is 2.52. The van der Waals surface area contributed by atoms with Gasteiger partial charge in [0.25, 0.3) is 0 Å². The van der Waals surface area contributed by atoms with E-state index in [9.17, 15) is 14.7 Å². The second-order valence-electron chi connectivity index (χ2n) is 7.04. The SMILES string of the molecule is C=C[C@H](CC1(O)[C@@H]2O[C@@H]2C(=O)[C@@H]2O[C@@H]21)NC(=O)OC(C)(C)C. The minimum atomic E-state index is -1.29. The molecule has 2 saturated heterocycles. The van der Waals surface area contributed by atoms with Crippen LogP contribution in [0.15, 0.2) is 12.7 Å². The van der Waals surface area contributed by atoms with Gasteiger partial charge in [-0.3, -0.25) is 4.79 Å². The molecular formula is C15H21NO6. The summed E-state index contributed by atoms with van der Waals surface area (Å²) in [5.41, 5.74) is -1.91. The Labute approximate surface area is 128 Å². The van der Waals surface area contributed by atoms with E-state index < -0.39 is 47.8 Å². The summed E-state index contributed by atoms with van der Waals surface area (Å²) in [7, 11) is 0. The molecule has 2 aliphatic heterocycles. The molecule has 3 rings (SSSR count). The zero-order valence-corrected chi connectivity index (χ0v) is 12.9. The number of ketones is 1. The summed E-state index contributed by atoms with van der Waals surface area (Å²) in [6.45, 7) is 8.96. The van der Waals surface area contributed by atoms with E-state index in [1.807, 2.05) is 0 Å². The fourth-order valence-corrected chi connectivity index (χ4v) is 2.98. The number of hydrogen-bond acceptors (Lipinski definition) is 6. The molecule has 2 heterocycles. The van der Waals surface area contributed by atoms with Crippen LogP contribution < -0.4 is 5.32 Å². The first-order valence-electron chi connectivity index (χ1n) is 7.35. The number of fused-ring (bicyclic) bond motifs is 2. The molecule has 0 spiro atoms. The fraction of sp³-hybridized carbons (Fsp3) is 0.733. The summed E-state index contributed by atoms with van der Waals surface area (Å²) >= 11 is 0. The number of hydrogen-bond donors (Lipinski definition) is 2. The van der Waals surface area contributed by atoms with E-state index in [-0.39, 0.29) is 12.2 Å². The molecule has 1 saturated carbocycles. The maximum absolute atomic E-state index is 11.8. The average Bonchev–Trinajstić information content (AvgIpc) is 3.23. The number of nitrogens with one attached hydrogen (secondary N) is 1. The molecule has 3 fully saturated rings. The predicted molar refractivity (Wildman–Crippen MR) is 75.3 cm³/mol. The Kier molecular flexibility index (Phi) is 3.36. The van der Waals surface area contributed by atoms with Gasteiger partial charge in [-0.1, -0.05) is 6.08 Å². The second kappa shape index (κ2) is 4.78. The van der Waals surface area contributed by atoms with Crippen LogP contribution in [0.2, 0.25) is 0 Å². The Hall–Kier alpha value is -1.44. The molecule has 1 aliphatic carbocycles. The van der Waals surface area contributed by atoms with Crippen molar-refractivity contribution in [2.45, 2.75) is 68.9 Å². The largest absolute Gasteiger partial charge is 0.444 e. The van der Waals surface area contributed by atoms with E-state index in [4.69, 9.17) is 14.2 Å². The van der Waals surface area contributed by atoms with Crippen LogP contribution in [0.1, 0.15) is 27.2 Å². The van der Waals surface area contributed by atoms with Gasteiger partial charge in [-0.05, 0) is 20.8 Å². The molecule has 7 heteroatoms. The van der Waals surface area contributed by atoms with Crippen LogP contribution in [0.25, 0.3) is 0 Å². The van der Waals surface area contributed by atoms with Crippen molar-refractivity contribution in [3.63, 3.8) is 0 Å². The van der Waals surface area contributed by atoms with Crippen molar-refractivity contribution < 1.29 is 28.9 Å². The molecule has 6 atom stereocenters. The maximum Gasteiger partial charge on any atom is 0.408 e. The number of carbonyl (C=O) groups is 2. The van der Waals surface area contributed by atoms with Gasteiger partial charge in [-0.25, -0.2) is 4.79 Å². The number of rotatable bonds is 4. The van der Waals surface area contributed by atoms with Gasteiger partial charge in [0.05, 0.1) is 6.04 Å². The van der Waals surface area contributed by atoms with Crippen LogP contribution in [0.3, 0.4) is 0 Å². The number of amides is 1. The number of ether oxygens (including phenoxy) is 3. The number of epoxide rings is 2. The van der Waals surface area contributed by atoms with Crippen molar-refractivity contribution in [3.05, 3.63) is 12.7 Å². The van der Waals surface area contributed by atoms with Crippen molar-refractivity contribution in [1.82, 2.24) is 5.32 Å². The van der Waals surface area contributed by atoms with Gasteiger partial charge < -0.3 is 24.6 Å². The van der Waals surface area contributed by atoms with E-state index in [0.29, 0.717) is 0 Å². The van der Waals surface area contributed by atoms with Crippen LogP contribution in [0, 0.1) is 0 Å². The Morgan fingerprint density at radius 3 is 2.45 bits per heavy atom. The highest BCUT2D eigenvalue weighted by Gasteiger charge is 2.75. The second-order valence-corrected chi connectivity index (χ2v) is 7.04. The smallest absolute Gasteiger partial charge is 0.408 e. The van der Waals surface area contributed by atoms with Crippen LogP contribution in [-0.2, 0) is 19.0 Å². The summed E-state index contributed by atoms with van der Waals surface area (Å²) in [6, 6.07) is -0.511. The highest BCUT2D eigenvalue weighted by atomic mass is 16.7. The quantitative estimate of drug-likeness (QED) is 0.572. The summed E-state index contributed by atoms with van der Waals surface area (Å²) < 4.78 is 15.7. The van der Waals surface area contributed by atoms with Crippen molar-refractivity contribution in [1.29, 1.82) is 0 Å². The fourth-order valence-electron chi connectivity index (χ4n) is 2.98. The number of aliphatic hydroxyl groups is 1. The van der Waals surface area contributed by atoms with Gasteiger partial charge in [0.2, 0.25) is 0 Å². The predicted octanol–water partition coefficient (Wildman–Crippen LogP) is 0.304. The number of carbonyl (C=O) groups excluding carboxylic acids is 2. The van der Waals surface area contributed by atoms with E-state index in [0.717, 1.165) is 0 Å². The molecule has 0 radical (unpaired) electrons. The zero-order valence-electron chi connectivity index (χ0n) is 12.9. The molecule has 0 aromatic carbocycles. The number of Topliss-reactive ketones (excluding diaryl/α,β-unsaturated/α-hetero) is 1. The Bertz CT molecular complexity index is 505. The molecule has 0 aromatic rings. The monoisotopic (exact) mass is 311 g/mol. The Morgan fingerprint density at radius 1 is 1.45 bits per heavy atom. The molecule has 1 amide bonds. The van der Waals surface area contributed by atoms with Gasteiger partial charge in [0, 0.05) is 6.42 Å². The molecule has 122 valence electrons. The van der Waals surface area contributed by atoms with Gasteiger partial charge in [0.1, 0.15) is 35.6 Å². The lowest BCUT2D eigenvalue weighted by Crippen LogP contribution is -2.53. The lowest BCUT2D eigenvalue weighted by atomic mass is 9.79. The minimum absolute atomic E-state index is 0.102. The molecule has 7 nitrogen and oxygen atoms in total. The first-order chi connectivity index (χ1) is 10.2.